The van der Waals surface area contributed by atoms with Crippen LogP contribution in [0.4, 0.5) is 0 Å². The van der Waals surface area contributed by atoms with Crippen LogP contribution in [0.3, 0.4) is 0 Å². The van der Waals surface area contributed by atoms with Gasteiger partial charge in [0.25, 0.3) is 0 Å². The fraction of sp³-hybridized carbons (Fsp3) is 0.735. The smallest absolute Gasteiger partial charge is 0.312 e. The number of nitrogens with zero attached hydrogens (tertiary/aromatic N) is 1. The minimum Gasteiger partial charge on any atom is -0.462 e. The number of fused-ring (bicyclic) bond motifs is 7. The van der Waals surface area contributed by atoms with E-state index in [4.69, 9.17) is 21.1 Å². The van der Waals surface area contributed by atoms with Crippen LogP contribution in [-0.4, -0.2) is 40.3 Å². The number of pyridine rings is 1. The van der Waals surface area contributed by atoms with Crippen molar-refractivity contribution in [2.45, 2.75) is 172 Å². The number of aromatic nitrogens is 1. The maximum Gasteiger partial charge on any atom is 0.312 e. The van der Waals surface area contributed by atoms with Gasteiger partial charge in [-0.05, 0) is 162 Å². The number of hydrogen-bond donors (Lipinski definition) is 1. The van der Waals surface area contributed by atoms with E-state index in [1.54, 1.807) is 32.2 Å². The van der Waals surface area contributed by atoms with Crippen LogP contribution < -0.4 is 5.32 Å². The molecule has 8 nitrogen and oxygen atoms in total. The molecular weight excluding hydrogens is 748 g/mol. The molecule has 4 saturated carbocycles. The van der Waals surface area contributed by atoms with Crippen molar-refractivity contribution < 1.29 is 28.7 Å². The molecule has 0 aromatic carbocycles. The van der Waals surface area contributed by atoms with Gasteiger partial charge in [0.15, 0.2) is 5.78 Å². The Morgan fingerprint density at radius 1 is 0.914 bits per heavy atom. The van der Waals surface area contributed by atoms with E-state index in [0.29, 0.717) is 23.3 Å². The standard InChI is InChI=1S/C49H71ClN2O6/c1-29(2)40-34(53)26-49(23-20-38(54)52-30(3)33-16-14-31(50)28-51-33)25-24-47(12)32(41(40)49)15-17-36-46(11)21-19-37(45(9,10)35(46)18-22-48(36,47)13)57-39(55)27-44(7,8)42(56)58-43(4,5)6/h14,16,20,23,28-30,32,35-37H,15,17-19,21-22,24-27H2,1-13H3,(H,52,54)/t30-,32-,35+,36-,37+,46+,47-,48-,49+/m1/s1. The number of ketones is 1. The lowest BCUT2D eigenvalue weighted by molar-refractivity contribution is -0.232. The highest BCUT2D eigenvalue weighted by Crippen LogP contribution is 2.77. The van der Waals surface area contributed by atoms with Gasteiger partial charge in [-0.15, -0.1) is 0 Å². The zero-order chi connectivity index (χ0) is 43.0. The van der Waals surface area contributed by atoms with Crippen molar-refractivity contribution in [3.05, 3.63) is 52.3 Å². The Labute approximate surface area is 353 Å². The van der Waals surface area contributed by atoms with Gasteiger partial charge in [-0.2, -0.15) is 0 Å². The number of allylic oxidation sites excluding steroid dienone is 3. The van der Waals surface area contributed by atoms with Crippen LogP contribution in [0, 0.1) is 56.2 Å². The molecule has 1 N–H and O–H groups in total. The van der Waals surface area contributed by atoms with Crippen LogP contribution >= 0.6 is 11.6 Å². The summed E-state index contributed by atoms with van der Waals surface area (Å²) in [6.07, 6.45) is 13.4. The molecule has 0 bridgehead atoms. The third-order valence-corrected chi connectivity index (χ3v) is 16.6. The fourth-order valence-corrected chi connectivity index (χ4v) is 13.4. The Morgan fingerprint density at radius 3 is 2.22 bits per heavy atom. The molecule has 5 aliphatic rings. The average Bonchev–Trinajstić information content (AvgIpc) is 3.40. The van der Waals surface area contributed by atoms with Crippen LogP contribution in [0.5, 0.6) is 0 Å². The minimum atomic E-state index is -0.985. The monoisotopic (exact) mass is 819 g/mol. The largest absolute Gasteiger partial charge is 0.462 e. The number of halogens is 1. The maximum absolute atomic E-state index is 14.1. The van der Waals surface area contributed by atoms with Gasteiger partial charge < -0.3 is 14.8 Å². The van der Waals surface area contributed by atoms with Crippen LogP contribution in [0.15, 0.2) is 41.6 Å². The highest BCUT2D eigenvalue weighted by Gasteiger charge is 2.70. The van der Waals surface area contributed by atoms with Crippen molar-refractivity contribution >= 4 is 35.2 Å². The normalized spacial score (nSPS) is 35.1. The molecule has 1 amide bonds. The number of esters is 2. The summed E-state index contributed by atoms with van der Waals surface area (Å²) in [7, 11) is 0. The van der Waals surface area contributed by atoms with Crippen molar-refractivity contribution in [3.63, 3.8) is 0 Å². The lowest BCUT2D eigenvalue weighted by atomic mass is 9.33. The van der Waals surface area contributed by atoms with E-state index in [9.17, 15) is 19.2 Å². The molecule has 1 heterocycles. The lowest BCUT2D eigenvalue weighted by Crippen LogP contribution is -2.65. The van der Waals surface area contributed by atoms with Gasteiger partial charge in [-0.3, -0.25) is 24.2 Å². The van der Waals surface area contributed by atoms with E-state index in [2.05, 4.69) is 64.8 Å². The van der Waals surface area contributed by atoms with E-state index in [-0.39, 0.29) is 75.7 Å². The Hall–Kier alpha value is -3.00. The maximum atomic E-state index is 14.1. The van der Waals surface area contributed by atoms with Crippen LogP contribution in [-0.2, 0) is 28.7 Å². The number of hydrogen-bond acceptors (Lipinski definition) is 7. The van der Waals surface area contributed by atoms with Crippen LogP contribution in [0.1, 0.15) is 166 Å². The summed E-state index contributed by atoms with van der Waals surface area (Å²) in [5.74, 6) is 0.555. The number of ether oxygens (including phenoxy) is 2. The second-order valence-corrected chi connectivity index (χ2v) is 22.7. The van der Waals surface area contributed by atoms with Crippen molar-refractivity contribution in [1.29, 1.82) is 0 Å². The van der Waals surface area contributed by atoms with E-state index in [1.165, 1.54) is 5.57 Å². The minimum absolute atomic E-state index is 0.0148. The number of rotatable bonds is 9. The van der Waals surface area contributed by atoms with E-state index < -0.39 is 16.4 Å². The van der Waals surface area contributed by atoms with Crippen molar-refractivity contribution in [3.8, 4) is 0 Å². The Kier molecular flexibility index (Phi) is 11.7. The second kappa shape index (κ2) is 15.2. The molecule has 1 aromatic heterocycles. The zero-order valence-corrected chi connectivity index (χ0v) is 38.5. The van der Waals surface area contributed by atoms with Gasteiger partial charge in [-0.25, -0.2) is 0 Å². The van der Waals surface area contributed by atoms with Crippen LogP contribution in [0.2, 0.25) is 5.02 Å². The molecule has 5 aliphatic carbocycles. The molecule has 320 valence electrons. The first kappa shape index (κ1) is 44.5. The van der Waals surface area contributed by atoms with Crippen molar-refractivity contribution in [2.24, 2.45) is 56.2 Å². The summed E-state index contributed by atoms with van der Waals surface area (Å²) in [6, 6.07) is 3.31. The number of nitrogens with one attached hydrogen (secondary N) is 1. The Bertz CT molecular complexity index is 1870. The van der Waals surface area contributed by atoms with E-state index in [1.807, 2.05) is 33.8 Å². The van der Waals surface area contributed by atoms with E-state index >= 15 is 0 Å². The summed E-state index contributed by atoms with van der Waals surface area (Å²) in [5, 5.41) is 3.63. The first-order chi connectivity index (χ1) is 26.7. The highest BCUT2D eigenvalue weighted by atomic mass is 35.5. The first-order valence-electron chi connectivity index (χ1n) is 22.0. The lowest BCUT2D eigenvalue weighted by Gasteiger charge is -2.72. The SMILES string of the molecule is CC(C)C1=C2[C@H]3CC[C@@H]4[C@@]5(C)CC[C@H](OC(=O)CC(C)(C)C(=O)OC(C)(C)C)C(C)(C)[C@@H]5CC[C@@]4(C)[C@]3(C)CC[C@@]2(C=CC(=O)N[C@H](C)c2ccc(Cl)cn2)CC1=O. The molecular formula is C49H71ClN2O6. The van der Waals surface area contributed by atoms with Gasteiger partial charge in [-0.1, -0.05) is 66.1 Å². The predicted octanol–water partition coefficient (Wildman–Crippen LogP) is 11.1. The Morgan fingerprint density at radius 2 is 1.60 bits per heavy atom. The summed E-state index contributed by atoms with van der Waals surface area (Å²) >= 11 is 6.05. The molecule has 58 heavy (non-hydrogen) atoms. The number of Topliss-reactive ketones (excluding diaryl/α,β-unsaturated/α-hetero) is 1. The van der Waals surface area contributed by atoms with Gasteiger partial charge in [0.05, 0.1) is 28.6 Å². The molecule has 0 unspecified atom stereocenters. The summed E-state index contributed by atoms with van der Waals surface area (Å²) in [4.78, 5) is 58.4. The van der Waals surface area contributed by atoms with Gasteiger partial charge in [0, 0.05) is 23.4 Å². The average molecular weight is 820 g/mol. The fourth-order valence-electron chi connectivity index (χ4n) is 13.3. The molecule has 6 rings (SSSR count). The zero-order valence-electron chi connectivity index (χ0n) is 37.7. The third kappa shape index (κ3) is 7.64. The molecule has 1 aromatic rings. The van der Waals surface area contributed by atoms with Gasteiger partial charge in [0.2, 0.25) is 5.91 Å². The molecule has 9 heteroatoms. The molecule has 4 fully saturated rings. The third-order valence-electron chi connectivity index (χ3n) is 16.3. The number of amides is 1. The van der Waals surface area contributed by atoms with Crippen LogP contribution in [0.25, 0.3) is 0 Å². The molecule has 0 radical (unpaired) electrons. The quantitative estimate of drug-likeness (QED) is 0.195. The van der Waals surface area contributed by atoms with Gasteiger partial charge >= 0.3 is 11.9 Å². The van der Waals surface area contributed by atoms with Crippen molar-refractivity contribution in [2.75, 3.05) is 0 Å². The predicted molar refractivity (Wildman–Crippen MR) is 228 cm³/mol. The number of carbonyl (C=O) groups excluding carboxylic acids is 4. The van der Waals surface area contributed by atoms with Gasteiger partial charge in [0.1, 0.15) is 11.7 Å². The summed E-state index contributed by atoms with van der Waals surface area (Å²) < 4.78 is 12.0. The van der Waals surface area contributed by atoms with Crippen molar-refractivity contribution in [1.82, 2.24) is 10.3 Å². The molecule has 0 aliphatic heterocycles. The topological polar surface area (TPSA) is 112 Å². The Balaban J connectivity index is 1.23. The summed E-state index contributed by atoms with van der Waals surface area (Å²) in [5.41, 5.74) is 0.842. The molecule has 0 spiro atoms. The number of carbonyl (C=O) groups is 4. The second-order valence-electron chi connectivity index (χ2n) is 22.2. The molecule has 9 atom stereocenters. The highest BCUT2D eigenvalue weighted by molar-refractivity contribution is 6.30. The van der Waals surface area contributed by atoms with E-state index in [0.717, 1.165) is 62.6 Å². The first-order valence-corrected chi connectivity index (χ1v) is 22.4. The summed E-state index contributed by atoms with van der Waals surface area (Å²) in [6.45, 7) is 27.5. The molecule has 0 saturated heterocycles.